The molecule has 0 heterocycles. The summed E-state index contributed by atoms with van der Waals surface area (Å²) < 4.78 is 0. The Labute approximate surface area is 131 Å². The normalized spacial score (nSPS) is 10.3. The van der Waals surface area contributed by atoms with Crippen molar-refractivity contribution in [3.8, 4) is 0 Å². The average Bonchev–Trinajstić information content (AvgIpc) is 2.56. The molecule has 0 saturated heterocycles. The monoisotopic (exact) mass is 298 g/mol. The minimum atomic E-state index is -0.152. The largest absolute Gasteiger partial charge is 0.392 e. The van der Waals surface area contributed by atoms with Crippen molar-refractivity contribution in [1.82, 2.24) is 0 Å². The molecule has 0 aliphatic heterocycles. The molecule has 0 spiro atoms. The molecule has 116 valence electrons. The summed E-state index contributed by atoms with van der Waals surface area (Å²) in [5.41, 5.74) is 3.19. The van der Waals surface area contributed by atoms with Crippen LogP contribution in [0.5, 0.6) is 0 Å². The van der Waals surface area contributed by atoms with Crippen LogP contribution < -0.4 is 10.2 Å². The van der Waals surface area contributed by atoms with Crippen molar-refractivity contribution in [3.63, 3.8) is 0 Å². The van der Waals surface area contributed by atoms with E-state index in [2.05, 4.69) is 24.1 Å². The van der Waals surface area contributed by atoms with Gasteiger partial charge in [0.2, 0.25) is 0 Å². The molecule has 1 amide bonds. The number of rotatable bonds is 6. The molecule has 2 aromatic rings. The molecule has 0 unspecified atom stereocenters. The van der Waals surface area contributed by atoms with E-state index in [0.717, 1.165) is 24.3 Å². The third kappa shape index (κ3) is 3.86. The fourth-order valence-electron chi connectivity index (χ4n) is 2.36. The first-order valence-electron chi connectivity index (χ1n) is 7.54. The number of benzene rings is 2. The highest BCUT2D eigenvalue weighted by molar-refractivity contribution is 6.04. The molecule has 0 atom stereocenters. The maximum absolute atomic E-state index is 12.2. The number of anilines is 2. The van der Waals surface area contributed by atoms with Crippen molar-refractivity contribution in [3.05, 3.63) is 59.7 Å². The number of carbonyl (C=O) groups is 1. The molecule has 2 N–H and O–H groups in total. The summed E-state index contributed by atoms with van der Waals surface area (Å²) in [4.78, 5) is 14.5. The minimum Gasteiger partial charge on any atom is -0.392 e. The molecule has 4 nitrogen and oxygen atoms in total. The van der Waals surface area contributed by atoms with E-state index in [4.69, 9.17) is 5.11 Å². The van der Waals surface area contributed by atoms with Crippen molar-refractivity contribution < 1.29 is 9.90 Å². The fourth-order valence-corrected chi connectivity index (χ4v) is 2.36. The van der Waals surface area contributed by atoms with Crippen LogP contribution in [0.25, 0.3) is 0 Å². The molecule has 4 heteroatoms. The molecule has 2 rings (SSSR count). The van der Waals surface area contributed by atoms with Gasteiger partial charge in [-0.2, -0.15) is 0 Å². The summed E-state index contributed by atoms with van der Waals surface area (Å²) in [7, 11) is 0. The number of carbonyl (C=O) groups excluding carboxylic acids is 1. The van der Waals surface area contributed by atoms with Gasteiger partial charge in [-0.3, -0.25) is 4.79 Å². The van der Waals surface area contributed by atoms with Gasteiger partial charge in [-0.25, -0.2) is 0 Å². The highest BCUT2D eigenvalue weighted by Crippen LogP contribution is 2.17. The van der Waals surface area contributed by atoms with Gasteiger partial charge in [0.05, 0.1) is 6.61 Å². The maximum atomic E-state index is 12.2. The molecule has 2 aromatic carbocycles. The Morgan fingerprint density at radius 3 is 2.36 bits per heavy atom. The Morgan fingerprint density at radius 2 is 1.77 bits per heavy atom. The zero-order valence-corrected chi connectivity index (χ0v) is 13.0. The standard InChI is InChI=1S/C18H22N2O2/c1-3-20(4-2)17-10-8-15(9-11-17)18(22)19-16-7-5-6-14(12-16)13-21/h5-12,21H,3-4,13H2,1-2H3,(H,19,22). The lowest BCUT2D eigenvalue weighted by Gasteiger charge is -2.21. The van der Waals surface area contributed by atoms with Crippen LogP contribution in [-0.4, -0.2) is 24.1 Å². The number of hydrogen-bond acceptors (Lipinski definition) is 3. The van der Waals surface area contributed by atoms with Gasteiger partial charge in [-0.05, 0) is 55.8 Å². The molecule has 0 fully saturated rings. The molecule has 0 bridgehead atoms. The zero-order valence-electron chi connectivity index (χ0n) is 13.0. The second-order valence-electron chi connectivity index (χ2n) is 5.03. The first-order chi connectivity index (χ1) is 10.7. The first kappa shape index (κ1) is 16.0. The molecule has 0 aliphatic carbocycles. The summed E-state index contributed by atoms with van der Waals surface area (Å²) in [5.74, 6) is -0.152. The SMILES string of the molecule is CCN(CC)c1ccc(C(=O)Nc2cccc(CO)c2)cc1. The number of aliphatic hydroxyl groups excluding tert-OH is 1. The molecular weight excluding hydrogens is 276 g/mol. The van der Waals surface area contributed by atoms with Crippen LogP contribution in [0.1, 0.15) is 29.8 Å². The predicted molar refractivity (Wildman–Crippen MR) is 90.3 cm³/mol. The van der Waals surface area contributed by atoms with Gasteiger partial charge in [0.15, 0.2) is 0 Å². The quantitative estimate of drug-likeness (QED) is 0.860. The highest BCUT2D eigenvalue weighted by Gasteiger charge is 2.08. The molecule has 0 saturated carbocycles. The van der Waals surface area contributed by atoms with Crippen LogP contribution in [0.3, 0.4) is 0 Å². The Bertz CT molecular complexity index is 619. The number of hydrogen-bond donors (Lipinski definition) is 2. The predicted octanol–water partition coefficient (Wildman–Crippen LogP) is 3.28. The lowest BCUT2D eigenvalue weighted by molar-refractivity contribution is 0.102. The van der Waals surface area contributed by atoms with Crippen molar-refractivity contribution >= 4 is 17.3 Å². The summed E-state index contributed by atoms with van der Waals surface area (Å²) in [6.45, 7) is 6.06. The number of amides is 1. The van der Waals surface area contributed by atoms with E-state index in [-0.39, 0.29) is 12.5 Å². The van der Waals surface area contributed by atoms with E-state index < -0.39 is 0 Å². The Kier molecular flexibility index (Phi) is 5.55. The lowest BCUT2D eigenvalue weighted by Crippen LogP contribution is -2.21. The third-order valence-corrected chi connectivity index (χ3v) is 3.63. The van der Waals surface area contributed by atoms with Gasteiger partial charge >= 0.3 is 0 Å². The van der Waals surface area contributed by atoms with Gasteiger partial charge in [-0.15, -0.1) is 0 Å². The molecule has 0 aliphatic rings. The number of aliphatic hydroxyl groups is 1. The fraction of sp³-hybridized carbons (Fsp3) is 0.278. The molecular formula is C18H22N2O2. The van der Waals surface area contributed by atoms with Crippen molar-refractivity contribution in [2.75, 3.05) is 23.3 Å². The zero-order chi connectivity index (χ0) is 15.9. The molecule has 0 aromatic heterocycles. The minimum absolute atomic E-state index is 0.0394. The second kappa shape index (κ2) is 7.61. The smallest absolute Gasteiger partial charge is 0.255 e. The Morgan fingerprint density at radius 1 is 1.09 bits per heavy atom. The van der Waals surface area contributed by atoms with E-state index in [9.17, 15) is 4.79 Å². The first-order valence-corrected chi connectivity index (χ1v) is 7.54. The van der Waals surface area contributed by atoms with E-state index in [0.29, 0.717) is 11.3 Å². The van der Waals surface area contributed by atoms with Crippen LogP contribution in [-0.2, 0) is 6.61 Å². The van der Waals surface area contributed by atoms with E-state index in [1.165, 1.54) is 0 Å². The van der Waals surface area contributed by atoms with Crippen LogP contribution in [0.4, 0.5) is 11.4 Å². The number of nitrogens with zero attached hydrogens (tertiary/aromatic N) is 1. The Balaban J connectivity index is 2.09. The van der Waals surface area contributed by atoms with Gasteiger partial charge in [0.1, 0.15) is 0 Å². The van der Waals surface area contributed by atoms with Crippen molar-refractivity contribution in [2.24, 2.45) is 0 Å². The van der Waals surface area contributed by atoms with Gasteiger partial charge in [-0.1, -0.05) is 12.1 Å². The van der Waals surface area contributed by atoms with Gasteiger partial charge in [0.25, 0.3) is 5.91 Å². The molecule has 22 heavy (non-hydrogen) atoms. The second-order valence-corrected chi connectivity index (χ2v) is 5.03. The van der Waals surface area contributed by atoms with Crippen LogP contribution >= 0.6 is 0 Å². The van der Waals surface area contributed by atoms with E-state index in [1.807, 2.05) is 36.4 Å². The third-order valence-electron chi connectivity index (χ3n) is 3.63. The summed E-state index contributed by atoms with van der Waals surface area (Å²) in [6, 6.07) is 14.8. The average molecular weight is 298 g/mol. The van der Waals surface area contributed by atoms with E-state index in [1.54, 1.807) is 12.1 Å². The molecule has 0 radical (unpaired) electrons. The summed E-state index contributed by atoms with van der Waals surface area (Å²) >= 11 is 0. The van der Waals surface area contributed by atoms with Crippen LogP contribution in [0.2, 0.25) is 0 Å². The van der Waals surface area contributed by atoms with Crippen LogP contribution in [0, 0.1) is 0 Å². The maximum Gasteiger partial charge on any atom is 0.255 e. The van der Waals surface area contributed by atoms with Gasteiger partial charge in [0, 0.05) is 30.0 Å². The topological polar surface area (TPSA) is 52.6 Å². The lowest BCUT2D eigenvalue weighted by atomic mass is 10.1. The number of nitrogens with one attached hydrogen (secondary N) is 1. The Hall–Kier alpha value is -2.33. The highest BCUT2D eigenvalue weighted by atomic mass is 16.3. The summed E-state index contributed by atoms with van der Waals surface area (Å²) in [6.07, 6.45) is 0. The van der Waals surface area contributed by atoms with Crippen molar-refractivity contribution in [2.45, 2.75) is 20.5 Å². The van der Waals surface area contributed by atoms with Gasteiger partial charge < -0.3 is 15.3 Å². The van der Waals surface area contributed by atoms with E-state index >= 15 is 0 Å². The summed E-state index contributed by atoms with van der Waals surface area (Å²) in [5, 5.41) is 12.0. The van der Waals surface area contributed by atoms with Crippen molar-refractivity contribution in [1.29, 1.82) is 0 Å². The van der Waals surface area contributed by atoms with Crippen LogP contribution in [0.15, 0.2) is 48.5 Å².